The fourth-order valence-electron chi connectivity index (χ4n) is 2.48. The topological polar surface area (TPSA) is 164 Å². The van der Waals surface area contributed by atoms with E-state index in [1.165, 1.54) is 19.2 Å². The molecule has 0 aliphatic carbocycles. The first-order valence-electron chi connectivity index (χ1n) is 8.06. The molecule has 0 aliphatic rings. The van der Waals surface area contributed by atoms with Gasteiger partial charge in [0.15, 0.2) is 30.0 Å². The molecule has 0 saturated heterocycles. The summed E-state index contributed by atoms with van der Waals surface area (Å²) in [5.41, 5.74) is 6.54. The van der Waals surface area contributed by atoms with E-state index in [9.17, 15) is 14.7 Å². The number of oxime groups is 1. The molecule has 2 aromatic carbocycles. The minimum absolute atomic E-state index is 0.00808. The number of benzene rings is 2. The smallest absolute Gasteiger partial charge is 0.341 e. The van der Waals surface area contributed by atoms with Crippen LogP contribution in [0.1, 0.15) is 17.2 Å². The second-order valence-electron chi connectivity index (χ2n) is 5.69. The zero-order valence-electron chi connectivity index (χ0n) is 15.1. The molecule has 0 saturated carbocycles. The number of hydrogen-bond donors (Lipinski definition) is 5. The predicted molar refractivity (Wildman–Crippen MR) is 107 cm³/mol. The Balaban J connectivity index is 2.45. The highest BCUT2D eigenvalue weighted by Crippen LogP contribution is 2.39. The van der Waals surface area contributed by atoms with Crippen molar-refractivity contribution < 1.29 is 34.5 Å². The molecular weight excluding hydrogens is 450 g/mol. The second-order valence-corrected chi connectivity index (χ2v) is 6.60. The maximum absolute atomic E-state index is 12.0. The highest BCUT2D eigenvalue weighted by Gasteiger charge is 2.27. The van der Waals surface area contributed by atoms with Gasteiger partial charge in [0.1, 0.15) is 0 Å². The standard InChI is InChI=1S/C18H18BrN3O7/c1-28-13-7-10(19)6-12(16(13)29-8-14(23)24)15(18(25)26)21-11-4-2-9(3-5-11)17(20)22-27/h2-7,15,21,27H,8H2,1H3,(H2,20,22)(H,23,24)(H,25,26). The fourth-order valence-corrected chi connectivity index (χ4v) is 2.93. The number of nitrogens with two attached hydrogens (primary N) is 1. The number of hydrogen-bond acceptors (Lipinski definition) is 7. The van der Waals surface area contributed by atoms with Gasteiger partial charge in [-0.15, -0.1) is 0 Å². The Morgan fingerprint density at radius 3 is 2.41 bits per heavy atom. The molecule has 0 fully saturated rings. The lowest BCUT2D eigenvalue weighted by Gasteiger charge is -2.21. The lowest BCUT2D eigenvalue weighted by molar-refractivity contribution is -0.139. The van der Waals surface area contributed by atoms with E-state index in [1.807, 2.05) is 0 Å². The van der Waals surface area contributed by atoms with Gasteiger partial charge in [-0.25, -0.2) is 9.59 Å². The third-order valence-electron chi connectivity index (χ3n) is 3.77. The Bertz CT molecular complexity index is 932. The Kier molecular flexibility index (Phi) is 7.26. The molecule has 0 spiro atoms. The van der Waals surface area contributed by atoms with Gasteiger partial charge < -0.3 is 35.9 Å². The van der Waals surface area contributed by atoms with Crippen molar-refractivity contribution in [3.8, 4) is 11.5 Å². The van der Waals surface area contributed by atoms with Gasteiger partial charge in [-0.05, 0) is 36.4 Å². The highest BCUT2D eigenvalue weighted by molar-refractivity contribution is 9.10. The van der Waals surface area contributed by atoms with E-state index in [2.05, 4.69) is 26.4 Å². The van der Waals surface area contributed by atoms with Gasteiger partial charge in [0.05, 0.1) is 7.11 Å². The molecule has 0 aliphatic heterocycles. The van der Waals surface area contributed by atoms with E-state index < -0.39 is 24.6 Å². The Hall–Kier alpha value is -3.47. The van der Waals surface area contributed by atoms with Crippen LogP contribution >= 0.6 is 15.9 Å². The first-order chi connectivity index (χ1) is 13.8. The third kappa shape index (κ3) is 5.51. The van der Waals surface area contributed by atoms with Crippen LogP contribution in [0.4, 0.5) is 5.69 Å². The number of carboxylic acid groups (broad SMARTS) is 2. The first-order valence-corrected chi connectivity index (χ1v) is 8.85. The lowest BCUT2D eigenvalue weighted by atomic mass is 10.0. The molecule has 1 atom stereocenters. The molecular formula is C18H18BrN3O7. The number of carbonyl (C=O) groups is 2. The Morgan fingerprint density at radius 2 is 1.90 bits per heavy atom. The molecule has 11 heteroatoms. The number of ether oxygens (including phenoxy) is 2. The van der Waals surface area contributed by atoms with Crippen molar-refractivity contribution in [2.75, 3.05) is 19.0 Å². The summed E-state index contributed by atoms with van der Waals surface area (Å²) >= 11 is 3.28. The molecule has 10 nitrogen and oxygen atoms in total. The van der Waals surface area contributed by atoms with Gasteiger partial charge in [0.25, 0.3) is 0 Å². The predicted octanol–water partition coefficient (Wildman–Crippen LogP) is 2.25. The van der Waals surface area contributed by atoms with Crippen LogP contribution in [0.15, 0.2) is 46.0 Å². The zero-order chi connectivity index (χ0) is 21.6. The number of nitrogens with zero attached hydrogens (tertiary/aromatic N) is 1. The first kappa shape index (κ1) is 21.8. The van der Waals surface area contributed by atoms with Crippen molar-refractivity contribution in [3.05, 3.63) is 52.0 Å². The van der Waals surface area contributed by atoms with Crippen LogP contribution in [0.3, 0.4) is 0 Å². The molecule has 1 unspecified atom stereocenters. The molecule has 154 valence electrons. The monoisotopic (exact) mass is 467 g/mol. The van der Waals surface area contributed by atoms with Crippen molar-refractivity contribution in [1.29, 1.82) is 0 Å². The van der Waals surface area contributed by atoms with Crippen LogP contribution in [0, 0.1) is 0 Å². The minimum atomic E-state index is -1.29. The van der Waals surface area contributed by atoms with Crippen LogP contribution < -0.4 is 20.5 Å². The number of halogens is 1. The summed E-state index contributed by atoms with van der Waals surface area (Å²) in [6.45, 7) is -0.675. The largest absolute Gasteiger partial charge is 0.493 e. The van der Waals surface area contributed by atoms with Gasteiger partial charge in [-0.3, -0.25) is 0 Å². The molecule has 2 aromatic rings. The molecule has 0 amide bonds. The van der Waals surface area contributed by atoms with Crippen LogP contribution in [-0.4, -0.2) is 46.9 Å². The number of aliphatic carboxylic acids is 2. The number of rotatable bonds is 9. The van der Waals surface area contributed by atoms with Crippen molar-refractivity contribution in [1.82, 2.24) is 0 Å². The maximum Gasteiger partial charge on any atom is 0.341 e. The molecule has 0 radical (unpaired) electrons. The normalized spacial score (nSPS) is 12.1. The lowest BCUT2D eigenvalue weighted by Crippen LogP contribution is -2.22. The molecule has 0 heterocycles. The summed E-state index contributed by atoms with van der Waals surface area (Å²) in [6, 6.07) is 7.92. The number of nitrogens with one attached hydrogen (secondary N) is 1. The number of methoxy groups -OCH3 is 1. The summed E-state index contributed by atoms with van der Waals surface area (Å²) in [5.74, 6) is -2.38. The van der Waals surface area contributed by atoms with Gasteiger partial charge >= 0.3 is 11.9 Å². The van der Waals surface area contributed by atoms with E-state index in [0.717, 1.165) is 0 Å². The quantitative estimate of drug-likeness (QED) is 0.161. The molecule has 0 bridgehead atoms. The summed E-state index contributed by atoms with van der Waals surface area (Å²) in [6.07, 6.45) is 0. The number of amidine groups is 1. The maximum atomic E-state index is 12.0. The fraction of sp³-hybridized carbons (Fsp3) is 0.167. The molecule has 29 heavy (non-hydrogen) atoms. The molecule has 0 aromatic heterocycles. The van der Waals surface area contributed by atoms with Gasteiger partial charge in [-0.1, -0.05) is 21.1 Å². The second kappa shape index (κ2) is 9.64. The van der Waals surface area contributed by atoms with E-state index in [-0.39, 0.29) is 22.9 Å². The molecule has 2 rings (SSSR count). The van der Waals surface area contributed by atoms with Crippen molar-refractivity contribution in [3.63, 3.8) is 0 Å². The van der Waals surface area contributed by atoms with E-state index in [0.29, 0.717) is 15.7 Å². The Morgan fingerprint density at radius 1 is 1.24 bits per heavy atom. The number of anilines is 1. The average molecular weight is 468 g/mol. The number of carboxylic acids is 2. The van der Waals surface area contributed by atoms with Gasteiger partial charge in [0.2, 0.25) is 0 Å². The average Bonchev–Trinajstić information content (AvgIpc) is 2.69. The SMILES string of the molecule is COc1cc(Br)cc(C(Nc2ccc(C(N)=NO)cc2)C(=O)O)c1OCC(=O)O. The van der Waals surface area contributed by atoms with Crippen molar-refractivity contribution in [2.24, 2.45) is 10.9 Å². The van der Waals surface area contributed by atoms with Crippen molar-refractivity contribution in [2.45, 2.75) is 6.04 Å². The summed E-state index contributed by atoms with van der Waals surface area (Å²) < 4.78 is 11.0. The van der Waals surface area contributed by atoms with Crippen molar-refractivity contribution >= 4 is 39.4 Å². The summed E-state index contributed by atoms with van der Waals surface area (Å²) in [7, 11) is 1.36. The zero-order valence-corrected chi connectivity index (χ0v) is 16.7. The van der Waals surface area contributed by atoms with Crippen LogP contribution in [0.5, 0.6) is 11.5 Å². The van der Waals surface area contributed by atoms with Crippen LogP contribution in [0.2, 0.25) is 0 Å². The van der Waals surface area contributed by atoms with Crippen LogP contribution in [0.25, 0.3) is 0 Å². The third-order valence-corrected chi connectivity index (χ3v) is 4.22. The van der Waals surface area contributed by atoms with E-state index >= 15 is 0 Å². The molecule has 6 N–H and O–H groups in total. The van der Waals surface area contributed by atoms with Gasteiger partial charge in [0, 0.05) is 21.3 Å². The van der Waals surface area contributed by atoms with Crippen LogP contribution in [-0.2, 0) is 9.59 Å². The van der Waals surface area contributed by atoms with E-state index in [4.69, 9.17) is 25.5 Å². The summed E-state index contributed by atoms with van der Waals surface area (Å²) in [5, 5.41) is 33.1. The summed E-state index contributed by atoms with van der Waals surface area (Å²) in [4.78, 5) is 22.9. The minimum Gasteiger partial charge on any atom is -0.493 e. The van der Waals surface area contributed by atoms with Gasteiger partial charge in [-0.2, -0.15) is 0 Å². The Labute approximate surface area is 173 Å². The highest BCUT2D eigenvalue weighted by atomic mass is 79.9. The van der Waals surface area contributed by atoms with E-state index in [1.54, 1.807) is 24.3 Å².